The van der Waals surface area contributed by atoms with Crippen LogP contribution < -0.4 is 5.32 Å². The molecule has 1 aromatic heterocycles. The van der Waals surface area contributed by atoms with Crippen molar-refractivity contribution in [3.63, 3.8) is 0 Å². The summed E-state index contributed by atoms with van der Waals surface area (Å²) < 4.78 is 5.26. The molecule has 1 atom stereocenters. The average Bonchev–Trinajstić information content (AvgIpc) is 2.74. The molecule has 20 heavy (non-hydrogen) atoms. The van der Waals surface area contributed by atoms with Gasteiger partial charge in [-0.05, 0) is 34.7 Å². The van der Waals surface area contributed by atoms with Gasteiger partial charge < -0.3 is 9.84 Å². The molecule has 6 nitrogen and oxygen atoms in total. The number of likely N-dealkylation sites (N-methyl/N-ethyl adjacent to an activating group) is 1. The maximum absolute atomic E-state index is 11.9. The number of nitrogens with zero attached hydrogens (tertiary/aromatic N) is 3. The van der Waals surface area contributed by atoms with E-state index >= 15 is 0 Å². The molecule has 1 N–H and O–H groups in total. The Morgan fingerprint density at radius 1 is 1.35 bits per heavy atom. The normalized spacial score (nSPS) is 13.8. The highest BCUT2D eigenvalue weighted by atomic mass is 16.5. The minimum atomic E-state index is -0.226. The van der Waals surface area contributed by atoms with Crippen LogP contribution in [0.25, 0.3) is 0 Å². The molecule has 0 aromatic carbocycles. The van der Waals surface area contributed by atoms with E-state index in [1.54, 1.807) is 0 Å². The van der Waals surface area contributed by atoms with Crippen molar-refractivity contribution in [1.29, 1.82) is 0 Å². The molecule has 6 heteroatoms. The number of aromatic nitrogens is 2. The zero-order valence-corrected chi connectivity index (χ0v) is 13.5. The number of nitrogens with one attached hydrogen (secondary N) is 1. The van der Waals surface area contributed by atoms with Gasteiger partial charge in [-0.15, -0.1) is 0 Å². The van der Waals surface area contributed by atoms with Crippen LogP contribution >= 0.6 is 0 Å². The van der Waals surface area contributed by atoms with Crippen LogP contribution in [0.2, 0.25) is 0 Å². The first-order valence-electron chi connectivity index (χ1n) is 6.95. The van der Waals surface area contributed by atoms with Gasteiger partial charge in [-0.25, -0.2) is 0 Å². The fourth-order valence-electron chi connectivity index (χ4n) is 1.66. The standard InChI is InChI=1S/C14H26N4O2/c1-9(2)12-15-13(20-17-12)10(3)18(7)8-11(19)16-14(4,5)6/h9-10H,8H2,1-7H3,(H,16,19). The van der Waals surface area contributed by atoms with Crippen LogP contribution in [0.3, 0.4) is 0 Å². The van der Waals surface area contributed by atoms with Crippen molar-refractivity contribution in [1.82, 2.24) is 20.4 Å². The lowest BCUT2D eigenvalue weighted by Gasteiger charge is -2.25. The van der Waals surface area contributed by atoms with Gasteiger partial charge in [0.2, 0.25) is 11.8 Å². The number of carbonyl (C=O) groups is 1. The Morgan fingerprint density at radius 3 is 2.40 bits per heavy atom. The van der Waals surface area contributed by atoms with Crippen LogP contribution in [0, 0.1) is 0 Å². The summed E-state index contributed by atoms with van der Waals surface area (Å²) in [7, 11) is 1.87. The van der Waals surface area contributed by atoms with E-state index in [-0.39, 0.29) is 30.0 Å². The van der Waals surface area contributed by atoms with Crippen LogP contribution in [-0.2, 0) is 4.79 Å². The highest BCUT2D eigenvalue weighted by Gasteiger charge is 2.22. The number of rotatable bonds is 5. The van der Waals surface area contributed by atoms with Gasteiger partial charge in [0.25, 0.3) is 0 Å². The lowest BCUT2D eigenvalue weighted by molar-refractivity contribution is -0.123. The van der Waals surface area contributed by atoms with Gasteiger partial charge in [0.15, 0.2) is 5.82 Å². The van der Waals surface area contributed by atoms with Crippen LogP contribution in [-0.4, -0.2) is 40.1 Å². The Morgan fingerprint density at radius 2 is 1.95 bits per heavy atom. The molecule has 0 saturated carbocycles. The predicted molar refractivity (Wildman–Crippen MR) is 77.3 cm³/mol. The van der Waals surface area contributed by atoms with E-state index in [0.717, 1.165) is 0 Å². The van der Waals surface area contributed by atoms with Crippen LogP contribution in [0.4, 0.5) is 0 Å². The van der Waals surface area contributed by atoms with Crippen molar-refractivity contribution in [2.24, 2.45) is 0 Å². The first-order chi connectivity index (χ1) is 9.10. The number of hydrogen-bond donors (Lipinski definition) is 1. The quantitative estimate of drug-likeness (QED) is 0.895. The maximum atomic E-state index is 11.9. The highest BCUT2D eigenvalue weighted by Crippen LogP contribution is 2.19. The van der Waals surface area contributed by atoms with E-state index < -0.39 is 0 Å². The fraction of sp³-hybridized carbons (Fsp3) is 0.786. The average molecular weight is 282 g/mol. The van der Waals surface area contributed by atoms with Gasteiger partial charge >= 0.3 is 0 Å². The third-order valence-electron chi connectivity index (χ3n) is 2.90. The molecule has 0 radical (unpaired) electrons. The molecule has 1 heterocycles. The lowest BCUT2D eigenvalue weighted by Crippen LogP contribution is -2.45. The van der Waals surface area contributed by atoms with E-state index in [0.29, 0.717) is 11.7 Å². The number of carbonyl (C=O) groups excluding carboxylic acids is 1. The smallest absolute Gasteiger partial charge is 0.243 e. The third-order valence-corrected chi connectivity index (χ3v) is 2.90. The molecule has 1 amide bonds. The minimum absolute atomic E-state index is 0.0181. The molecule has 0 aliphatic heterocycles. The van der Waals surface area contributed by atoms with E-state index in [1.807, 2.05) is 53.5 Å². The summed E-state index contributed by atoms with van der Waals surface area (Å²) in [6.45, 7) is 12.1. The molecule has 0 aliphatic carbocycles. The van der Waals surface area contributed by atoms with E-state index in [4.69, 9.17) is 4.52 Å². The van der Waals surface area contributed by atoms with E-state index in [1.165, 1.54) is 0 Å². The molecule has 114 valence electrons. The highest BCUT2D eigenvalue weighted by molar-refractivity contribution is 5.78. The maximum Gasteiger partial charge on any atom is 0.243 e. The van der Waals surface area contributed by atoms with Crippen LogP contribution in [0.5, 0.6) is 0 Å². The summed E-state index contributed by atoms with van der Waals surface area (Å²) in [5, 5.41) is 6.88. The van der Waals surface area contributed by atoms with Gasteiger partial charge in [0, 0.05) is 11.5 Å². The largest absolute Gasteiger partial charge is 0.350 e. The summed E-state index contributed by atoms with van der Waals surface area (Å²) in [6, 6.07) is -0.0966. The van der Waals surface area contributed by atoms with Crippen molar-refractivity contribution in [3.8, 4) is 0 Å². The second-order valence-corrected chi connectivity index (χ2v) is 6.53. The summed E-state index contributed by atoms with van der Waals surface area (Å²) in [6.07, 6.45) is 0. The second-order valence-electron chi connectivity index (χ2n) is 6.53. The Balaban J connectivity index is 2.62. The Labute approximate surface area is 120 Å². The van der Waals surface area contributed by atoms with Gasteiger partial charge in [-0.1, -0.05) is 19.0 Å². The zero-order chi connectivity index (χ0) is 15.5. The molecule has 0 spiro atoms. The van der Waals surface area contributed by atoms with Crippen molar-refractivity contribution in [3.05, 3.63) is 11.7 Å². The van der Waals surface area contributed by atoms with Gasteiger partial charge in [-0.2, -0.15) is 4.98 Å². The molecular formula is C14H26N4O2. The first kappa shape index (κ1) is 16.6. The summed E-state index contributed by atoms with van der Waals surface area (Å²) in [5.41, 5.74) is -0.226. The lowest BCUT2D eigenvalue weighted by atomic mass is 10.1. The summed E-state index contributed by atoms with van der Waals surface area (Å²) >= 11 is 0. The van der Waals surface area contributed by atoms with Crippen molar-refractivity contribution in [2.75, 3.05) is 13.6 Å². The molecule has 1 rings (SSSR count). The van der Waals surface area contributed by atoms with E-state index in [9.17, 15) is 4.79 Å². The summed E-state index contributed by atoms with van der Waals surface area (Å²) in [5.74, 6) is 1.45. The molecule has 1 aromatic rings. The Hall–Kier alpha value is -1.43. The Kier molecular flexibility index (Phi) is 5.28. The molecular weight excluding hydrogens is 256 g/mol. The SMILES string of the molecule is CC(C)c1noc(C(C)N(C)CC(=O)NC(C)(C)C)n1. The predicted octanol–water partition coefficient (Wildman–Crippen LogP) is 2.10. The van der Waals surface area contributed by atoms with Crippen LogP contribution in [0.1, 0.15) is 65.2 Å². The van der Waals surface area contributed by atoms with Crippen molar-refractivity contribution >= 4 is 5.91 Å². The zero-order valence-electron chi connectivity index (χ0n) is 13.5. The fourth-order valence-corrected chi connectivity index (χ4v) is 1.66. The van der Waals surface area contributed by atoms with E-state index in [2.05, 4.69) is 15.5 Å². The van der Waals surface area contributed by atoms with Gasteiger partial charge in [0.05, 0.1) is 12.6 Å². The summed E-state index contributed by atoms with van der Waals surface area (Å²) in [4.78, 5) is 18.1. The number of amides is 1. The molecule has 0 saturated heterocycles. The number of hydrogen-bond acceptors (Lipinski definition) is 5. The second kappa shape index (κ2) is 6.35. The molecule has 0 bridgehead atoms. The molecule has 0 fully saturated rings. The first-order valence-corrected chi connectivity index (χ1v) is 6.95. The topological polar surface area (TPSA) is 71.3 Å². The third kappa shape index (κ3) is 4.92. The molecule has 0 aliphatic rings. The minimum Gasteiger partial charge on any atom is -0.350 e. The Bertz CT molecular complexity index is 448. The van der Waals surface area contributed by atoms with Gasteiger partial charge in [0.1, 0.15) is 0 Å². The van der Waals surface area contributed by atoms with Crippen LogP contribution in [0.15, 0.2) is 4.52 Å². The van der Waals surface area contributed by atoms with Gasteiger partial charge in [-0.3, -0.25) is 9.69 Å². The van der Waals surface area contributed by atoms with Crippen molar-refractivity contribution < 1.29 is 9.32 Å². The van der Waals surface area contributed by atoms with Crippen molar-refractivity contribution in [2.45, 2.75) is 59.0 Å². The monoisotopic (exact) mass is 282 g/mol. The molecule has 1 unspecified atom stereocenters.